The first-order chi connectivity index (χ1) is 14.8. The van der Waals surface area contributed by atoms with Crippen molar-refractivity contribution in [1.82, 2.24) is 9.80 Å². The Balaban J connectivity index is 1.68. The van der Waals surface area contributed by atoms with Crippen molar-refractivity contribution in [3.63, 3.8) is 0 Å². The Bertz CT molecular complexity index is 1020. The number of carbonyl (C=O) groups excluding carboxylic acids is 4. The molecule has 0 N–H and O–H groups in total. The van der Waals surface area contributed by atoms with E-state index in [2.05, 4.69) is 0 Å². The van der Waals surface area contributed by atoms with Gasteiger partial charge in [0, 0.05) is 44.2 Å². The summed E-state index contributed by atoms with van der Waals surface area (Å²) in [6.45, 7) is 6.55. The van der Waals surface area contributed by atoms with Crippen LogP contribution in [0.2, 0.25) is 0 Å². The number of benzene rings is 2. The number of hydrogen-bond donors (Lipinski definition) is 0. The van der Waals surface area contributed by atoms with E-state index in [0.717, 1.165) is 11.1 Å². The number of nitrogens with zero attached hydrogens (tertiary/aromatic N) is 2. The first-order valence-electron chi connectivity index (χ1n) is 10.2. The van der Waals surface area contributed by atoms with Crippen molar-refractivity contribution in [2.75, 3.05) is 32.8 Å². The molecular formula is C24H26N2O5. The highest BCUT2D eigenvalue weighted by molar-refractivity contribution is 6.15. The average Bonchev–Trinajstić information content (AvgIpc) is 2.78. The van der Waals surface area contributed by atoms with Crippen LogP contribution in [-0.4, -0.2) is 66.2 Å². The molecular weight excluding hydrogens is 396 g/mol. The van der Waals surface area contributed by atoms with Gasteiger partial charge in [-0.3, -0.25) is 14.4 Å². The molecule has 2 aromatic rings. The molecule has 0 aliphatic carbocycles. The van der Waals surface area contributed by atoms with Crippen molar-refractivity contribution in [3.8, 4) is 0 Å². The van der Waals surface area contributed by atoms with E-state index in [0.29, 0.717) is 31.7 Å². The second-order valence-corrected chi connectivity index (χ2v) is 7.66. The van der Waals surface area contributed by atoms with Gasteiger partial charge < -0.3 is 14.5 Å². The number of rotatable bonds is 5. The zero-order valence-corrected chi connectivity index (χ0v) is 18.0. The van der Waals surface area contributed by atoms with Crippen LogP contribution in [0.5, 0.6) is 0 Å². The summed E-state index contributed by atoms with van der Waals surface area (Å²) in [7, 11) is 0. The zero-order valence-electron chi connectivity index (χ0n) is 18.0. The SMILES string of the molecule is CC(=O)N1CCN(C(=O)COC(=O)c2ccccc2C(=O)c2cc(C)ccc2C)CC1. The number of piperazine rings is 1. The fraction of sp³-hybridized carbons (Fsp3) is 0.333. The normalized spacial score (nSPS) is 13.6. The Labute approximate surface area is 181 Å². The maximum Gasteiger partial charge on any atom is 0.339 e. The summed E-state index contributed by atoms with van der Waals surface area (Å²) in [6.07, 6.45) is 0. The Kier molecular flexibility index (Phi) is 6.84. The molecule has 0 aromatic heterocycles. The van der Waals surface area contributed by atoms with E-state index in [1.165, 1.54) is 13.0 Å². The lowest BCUT2D eigenvalue weighted by Gasteiger charge is -2.34. The lowest BCUT2D eigenvalue weighted by atomic mass is 9.94. The van der Waals surface area contributed by atoms with Crippen LogP contribution in [0, 0.1) is 13.8 Å². The second-order valence-electron chi connectivity index (χ2n) is 7.66. The fourth-order valence-corrected chi connectivity index (χ4v) is 3.55. The summed E-state index contributed by atoms with van der Waals surface area (Å²) < 4.78 is 5.24. The number of carbonyl (C=O) groups is 4. The largest absolute Gasteiger partial charge is 0.452 e. The van der Waals surface area contributed by atoms with Gasteiger partial charge in [0.05, 0.1) is 5.56 Å². The lowest BCUT2D eigenvalue weighted by Crippen LogP contribution is -2.51. The van der Waals surface area contributed by atoms with Crippen molar-refractivity contribution < 1.29 is 23.9 Å². The highest BCUT2D eigenvalue weighted by atomic mass is 16.5. The standard InChI is InChI=1S/C24H26N2O5/c1-16-8-9-17(2)21(14-16)23(29)19-6-4-5-7-20(19)24(30)31-15-22(28)26-12-10-25(11-13-26)18(3)27/h4-9,14H,10-13,15H2,1-3H3. The molecule has 3 rings (SSSR count). The number of amides is 2. The average molecular weight is 422 g/mol. The van der Waals surface area contributed by atoms with Crippen LogP contribution < -0.4 is 0 Å². The Morgan fingerprint density at radius 3 is 2.10 bits per heavy atom. The molecule has 2 amide bonds. The van der Waals surface area contributed by atoms with Crippen LogP contribution in [0.25, 0.3) is 0 Å². The maximum atomic E-state index is 13.1. The van der Waals surface area contributed by atoms with Gasteiger partial charge in [-0.25, -0.2) is 4.79 Å². The molecule has 7 heteroatoms. The summed E-state index contributed by atoms with van der Waals surface area (Å²) >= 11 is 0. The molecule has 0 saturated carbocycles. The van der Waals surface area contributed by atoms with E-state index in [-0.39, 0.29) is 28.7 Å². The summed E-state index contributed by atoms with van der Waals surface area (Å²) in [5.41, 5.74) is 2.66. The molecule has 31 heavy (non-hydrogen) atoms. The minimum atomic E-state index is -0.718. The number of ketones is 1. The molecule has 0 spiro atoms. The third-order valence-corrected chi connectivity index (χ3v) is 5.43. The predicted octanol–water partition coefficient (Wildman–Crippen LogP) is 2.38. The van der Waals surface area contributed by atoms with Gasteiger partial charge in [-0.15, -0.1) is 0 Å². The van der Waals surface area contributed by atoms with Crippen LogP contribution in [0.15, 0.2) is 42.5 Å². The van der Waals surface area contributed by atoms with Gasteiger partial charge in [-0.05, 0) is 31.5 Å². The number of esters is 1. The number of ether oxygens (including phenoxy) is 1. The monoisotopic (exact) mass is 422 g/mol. The number of aryl methyl sites for hydroxylation is 2. The summed E-state index contributed by atoms with van der Waals surface area (Å²) in [4.78, 5) is 52.8. The first kappa shape index (κ1) is 22.2. The fourth-order valence-electron chi connectivity index (χ4n) is 3.55. The minimum Gasteiger partial charge on any atom is -0.452 e. The van der Waals surface area contributed by atoms with Gasteiger partial charge in [0.2, 0.25) is 5.91 Å². The maximum absolute atomic E-state index is 13.1. The first-order valence-corrected chi connectivity index (χ1v) is 10.2. The third-order valence-electron chi connectivity index (χ3n) is 5.43. The third kappa shape index (κ3) is 5.17. The van der Waals surface area contributed by atoms with Gasteiger partial charge in [-0.2, -0.15) is 0 Å². The molecule has 1 aliphatic rings. The van der Waals surface area contributed by atoms with Gasteiger partial charge in [-0.1, -0.05) is 35.9 Å². The van der Waals surface area contributed by atoms with E-state index in [4.69, 9.17) is 4.74 Å². The van der Waals surface area contributed by atoms with E-state index >= 15 is 0 Å². The molecule has 1 heterocycles. The van der Waals surface area contributed by atoms with E-state index < -0.39 is 12.6 Å². The molecule has 7 nitrogen and oxygen atoms in total. The Morgan fingerprint density at radius 2 is 1.45 bits per heavy atom. The smallest absolute Gasteiger partial charge is 0.339 e. The molecule has 1 fully saturated rings. The molecule has 2 aromatic carbocycles. The van der Waals surface area contributed by atoms with Crippen molar-refractivity contribution in [2.45, 2.75) is 20.8 Å². The van der Waals surface area contributed by atoms with Crippen molar-refractivity contribution in [3.05, 3.63) is 70.3 Å². The molecule has 0 unspecified atom stereocenters. The summed E-state index contributed by atoms with van der Waals surface area (Å²) in [6, 6.07) is 12.0. The van der Waals surface area contributed by atoms with Crippen molar-refractivity contribution >= 4 is 23.6 Å². The van der Waals surface area contributed by atoms with Gasteiger partial charge in [0.1, 0.15) is 0 Å². The van der Waals surface area contributed by atoms with E-state index in [1.807, 2.05) is 26.0 Å². The minimum absolute atomic E-state index is 0.0244. The topological polar surface area (TPSA) is 84.0 Å². The van der Waals surface area contributed by atoms with Crippen LogP contribution in [-0.2, 0) is 14.3 Å². The van der Waals surface area contributed by atoms with Crippen LogP contribution in [0.4, 0.5) is 0 Å². The highest BCUT2D eigenvalue weighted by Crippen LogP contribution is 2.19. The summed E-state index contributed by atoms with van der Waals surface area (Å²) in [5, 5.41) is 0. The van der Waals surface area contributed by atoms with Crippen LogP contribution in [0.1, 0.15) is 44.3 Å². The number of hydrogen-bond acceptors (Lipinski definition) is 5. The lowest BCUT2D eigenvalue weighted by molar-refractivity contribution is -0.140. The zero-order chi connectivity index (χ0) is 22.5. The predicted molar refractivity (Wildman–Crippen MR) is 115 cm³/mol. The van der Waals surface area contributed by atoms with E-state index in [1.54, 1.807) is 34.1 Å². The van der Waals surface area contributed by atoms with Gasteiger partial charge >= 0.3 is 5.97 Å². The molecule has 0 atom stereocenters. The van der Waals surface area contributed by atoms with Crippen molar-refractivity contribution in [2.24, 2.45) is 0 Å². The molecule has 0 radical (unpaired) electrons. The molecule has 162 valence electrons. The van der Waals surface area contributed by atoms with Crippen molar-refractivity contribution in [1.29, 1.82) is 0 Å². The molecule has 1 aliphatic heterocycles. The summed E-state index contributed by atoms with van der Waals surface area (Å²) in [5.74, 6) is -1.33. The molecule has 0 bridgehead atoms. The van der Waals surface area contributed by atoms with Gasteiger partial charge in [0.15, 0.2) is 12.4 Å². The quantitative estimate of drug-likeness (QED) is 0.546. The van der Waals surface area contributed by atoms with Crippen LogP contribution in [0.3, 0.4) is 0 Å². The van der Waals surface area contributed by atoms with Gasteiger partial charge in [0.25, 0.3) is 5.91 Å². The van der Waals surface area contributed by atoms with Crippen LogP contribution >= 0.6 is 0 Å². The van der Waals surface area contributed by atoms with E-state index in [9.17, 15) is 19.2 Å². The highest BCUT2D eigenvalue weighted by Gasteiger charge is 2.25. The second kappa shape index (κ2) is 9.55. The molecule has 1 saturated heterocycles. The Hall–Kier alpha value is -3.48. The Morgan fingerprint density at radius 1 is 0.839 bits per heavy atom.